The number of thiophene rings is 1. The maximum atomic E-state index is 12.9. The van der Waals surface area contributed by atoms with Crippen molar-refractivity contribution in [3.8, 4) is 0 Å². The maximum Gasteiger partial charge on any atom is 0.282 e. The topological polar surface area (TPSA) is 42.0 Å². The number of amides is 1. The number of halogens is 2. The molecular weight excluding hydrogens is 326 g/mol. The number of thiazole rings is 1. The molecule has 22 heavy (non-hydrogen) atoms. The zero-order chi connectivity index (χ0) is 16.3. The summed E-state index contributed by atoms with van der Waals surface area (Å²) in [4.78, 5) is 17.1. The predicted octanol–water partition coefficient (Wildman–Crippen LogP) is 5.29. The van der Waals surface area contributed by atoms with Crippen LogP contribution in [0.1, 0.15) is 51.9 Å². The summed E-state index contributed by atoms with van der Waals surface area (Å²) in [5.74, 6) is 0.0605. The monoisotopic (exact) mass is 344 g/mol. The number of carbonyl (C=O) groups excluding carboxylic acids is 1. The van der Waals surface area contributed by atoms with E-state index in [2.05, 4.69) is 24.1 Å². The first-order chi connectivity index (χ1) is 10.4. The van der Waals surface area contributed by atoms with Gasteiger partial charge in [0.1, 0.15) is 10.6 Å². The average molecular weight is 344 g/mol. The minimum Gasteiger partial charge on any atom is -0.320 e. The van der Waals surface area contributed by atoms with E-state index in [-0.39, 0.29) is 4.88 Å². The Labute approximate surface area is 136 Å². The van der Waals surface area contributed by atoms with E-state index in [1.165, 1.54) is 0 Å². The van der Waals surface area contributed by atoms with Gasteiger partial charge in [0.25, 0.3) is 12.3 Å². The SMILES string of the molecule is Cc1nc(C(F)F)c(C(=O)Nc2ccsc2CCC(C)C)s1. The molecular formula is C15H18F2N2OS2. The van der Waals surface area contributed by atoms with Crippen molar-refractivity contribution in [1.29, 1.82) is 0 Å². The Morgan fingerprint density at radius 2 is 2.14 bits per heavy atom. The molecule has 0 unspecified atom stereocenters. The van der Waals surface area contributed by atoms with Crippen LogP contribution in [0.2, 0.25) is 0 Å². The fraction of sp³-hybridized carbons (Fsp3) is 0.467. The highest BCUT2D eigenvalue weighted by atomic mass is 32.1. The van der Waals surface area contributed by atoms with Crippen LogP contribution in [0.15, 0.2) is 11.4 Å². The van der Waals surface area contributed by atoms with E-state index in [9.17, 15) is 13.6 Å². The highest BCUT2D eigenvalue weighted by molar-refractivity contribution is 7.14. The Bertz CT molecular complexity index is 650. The molecule has 2 aromatic heterocycles. The van der Waals surface area contributed by atoms with Crippen LogP contribution in [-0.4, -0.2) is 10.9 Å². The van der Waals surface area contributed by atoms with Crippen LogP contribution in [0.25, 0.3) is 0 Å². The Morgan fingerprint density at radius 3 is 2.77 bits per heavy atom. The van der Waals surface area contributed by atoms with Gasteiger partial charge in [-0.25, -0.2) is 13.8 Å². The molecule has 0 aromatic carbocycles. The summed E-state index contributed by atoms with van der Waals surface area (Å²) < 4.78 is 25.9. The Balaban J connectivity index is 2.14. The van der Waals surface area contributed by atoms with Crippen molar-refractivity contribution in [3.05, 3.63) is 31.9 Å². The van der Waals surface area contributed by atoms with Gasteiger partial charge in [0.05, 0.1) is 10.7 Å². The summed E-state index contributed by atoms with van der Waals surface area (Å²) in [5.41, 5.74) is 0.279. The molecule has 0 aliphatic heterocycles. The number of nitrogens with zero attached hydrogens (tertiary/aromatic N) is 1. The van der Waals surface area contributed by atoms with Gasteiger partial charge in [0.15, 0.2) is 0 Å². The third-order valence-electron chi connectivity index (χ3n) is 3.12. The average Bonchev–Trinajstić information content (AvgIpc) is 3.02. The van der Waals surface area contributed by atoms with E-state index in [0.29, 0.717) is 16.6 Å². The number of aryl methyl sites for hydroxylation is 2. The second kappa shape index (κ2) is 7.28. The lowest BCUT2D eigenvalue weighted by molar-refractivity contribution is 0.101. The minimum absolute atomic E-state index is 0.00601. The lowest BCUT2D eigenvalue weighted by atomic mass is 10.1. The molecule has 2 heterocycles. The first-order valence-electron chi connectivity index (χ1n) is 7.01. The zero-order valence-corrected chi connectivity index (χ0v) is 14.3. The van der Waals surface area contributed by atoms with Crippen molar-refractivity contribution in [2.45, 2.75) is 40.0 Å². The van der Waals surface area contributed by atoms with Crippen LogP contribution < -0.4 is 5.32 Å². The largest absolute Gasteiger partial charge is 0.320 e. The van der Waals surface area contributed by atoms with Crippen molar-refractivity contribution >= 4 is 34.3 Å². The highest BCUT2D eigenvalue weighted by Gasteiger charge is 2.24. The van der Waals surface area contributed by atoms with Crippen molar-refractivity contribution in [1.82, 2.24) is 4.98 Å². The second-order valence-electron chi connectivity index (χ2n) is 5.39. The first-order valence-corrected chi connectivity index (χ1v) is 8.71. The molecule has 0 aliphatic carbocycles. The Hall–Kier alpha value is -1.34. The molecule has 2 aromatic rings. The normalized spacial score (nSPS) is 11.4. The van der Waals surface area contributed by atoms with Gasteiger partial charge in [-0.2, -0.15) is 0 Å². The van der Waals surface area contributed by atoms with Crippen LogP contribution in [0.5, 0.6) is 0 Å². The van der Waals surface area contributed by atoms with Crippen LogP contribution in [0.3, 0.4) is 0 Å². The van der Waals surface area contributed by atoms with Crippen molar-refractivity contribution < 1.29 is 13.6 Å². The maximum absolute atomic E-state index is 12.9. The van der Waals surface area contributed by atoms with E-state index in [0.717, 1.165) is 29.1 Å². The molecule has 0 bridgehead atoms. The third-order valence-corrected chi connectivity index (χ3v) is 5.08. The van der Waals surface area contributed by atoms with E-state index >= 15 is 0 Å². The van der Waals surface area contributed by atoms with Crippen molar-refractivity contribution in [3.63, 3.8) is 0 Å². The first kappa shape index (κ1) is 17.0. The van der Waals surface area contributed by atoms with E-state index in [1.807, 2.05) is 11.4 Å². The van der Waals surface area contributed by atoms with Crippen LogP contribution in [0, 0.1) is 12.8 Å². The number of carbonyl (C=O) groups is 1. The van der Waals surface area contributed by atoms with Gasteiger partial charge in [0.2, 0.25) is 0 Å². The molecule has 0 saturated heterocycles. The predicted molar refractivity (Wildman–Crippen MR) is 87.2 cm³/mol. The molecule has 0 saturated carbocycles. The summed E-state index contributed by atoms with van der Waals surface area (Å²) in [5, 5.41) is 5.11. The molecule has 120 valence electrons. The molecule has 0 fully saturated rings. The lowest BCUT2D eigenvalue weighted by Crippen LogP contribution is -2.13. The fourth-order valence-electron chi connectivity index (χ4n) is 2.00. The summed E-state index contributed by atoms with van der Waals surface area (Å²) in [6, 6.07) is 1.81. The van der Waals surface area contributed by atoms with Gasteiger partial charge < -0.3 is 5.32 Å². The summed E-state index contributed by atoms with van der Waals surface area (Å²) >= 11 is 2.57. The number of anilines is 1. The molecule has 0 atom stereocenters. The molecule has 0 aliphatic rings. The van der Waals surface area contributed by atoms with Gasteiger partial charge in [-0.1, -0.05) is 13.8 Å². The Kier molecular flexibility index (Phi) is 5.63. The summed E-state index contributed by atoms with van der Waals surface area (Å²) in [6.45, 7) is 5.90. The van der Waals surface area contributed by atoms with Crippen LogP contribution in [-0.2, 0) is 6.42 Å². The third kappa shape index (κ3) is 4.10. The molecule has 7 heteroatoms. The molecule has 0 spiro atoms. The van der Waals surface area contributed by atoms with Gasteiger partial charge in [-0.3, -0.25) is 4.79 Å². The standard InChI is InChI=1S/C15H18F2N2OS2/c1-8(2)4-5-11-10(6-7-21-11)19-15(20)13-12(14(16)17)18-9(3)22-13/h6-8,14H,4-5H2,1-3H3,(H,19,20). The summed E-state index contributed by atoms with van der Waals surface area (Å²) in [7, 11) is 0. The number of rotatable bonds is 6. The van der Waals surface area contributed by atoms with Crippen molar-refractivity contribution in [2.24, 2.45) is 5.92 Å². The molecule has 0 radical (unpaired) electrons. The summed E-state index contributed by atoms with van der Waals surface area (Å²) in [6.07, 6.45) is -0.853. The number of aromatic nitrogens is 1. The Morgan fingerprint density at radius 1 is 1.41 bits per heavy atom. The van der Waals surface area contributed by atoms with Crippen molar-refractivity contribution in [2.75, 3.05) is 5.32 Å². The number of hydrogen-bond donors (Lipinski definition) is 1. The zero-order valence-electron chi connectivity index (χ0n) is 12.7. The molecule has 3 nitrogen and oxygen atoms in total. The molecule has 2 rings (SSSR count). The quantitative estimate of drug-likeness (QED) is 0.773. The lowest BCUT2D eigenvalue weighted by Gasteiger charge is -2.08. The smallest absolute Gasteiger partial charge is 0.282 e. The minimum atomic E-state index is -2.74. The van der Waals surface area contributed by atoms with E-state index < -0.39 is 18.0 Å². The number of alkyl halides is 2. The highest BCUT2D eigenvalue weighted by Crippen LogP contribution is 2.30. The van der Waals surface area contributed by atoms with Gasteiger partial charge in [-0.05, 0) is 37.1 Å². The van der Waals surface area contributed by atoms with Gasteiger partial charge >= 0.3 is 0 Å². The fourth-order valence-corrected chi connectivity index (χ4v) is 3.67. The van der Waals surface area contributed by atoms with E-state index in [1.54, 1.807) is 18.3 Å². The van der Waals surface area contributed by atoms with E-state index in [4.69, 9.17) is 0 Å². The molecule has 1 amide bonds. The van der Waals surface area contributed by atoms with Gasteiger partial charge in [-0.15, -0.1) is 22.7 Å². The molecule has 1 N–H and O–H groups in total. The van der Waals surface area contributed by atoms with Crippen LogP contribution >= 0.6 is 22.7 Å². The second-order valence-corrected chi connectivity index (χ2v) is 7.60. The van der Waals surface area contributed by atoms with Gasteiger partial charge in [0, 0.05) is 4.88 Å². The number of nitrogens with one attached hydrogen (secondary N) is 1. The number of hydrogen-bond acceptors (Lipinski definition) is 4. The van der Waals surface area contributed by atoms with Crippen LogP contribution in [0.4, 0.5) is 14.5 Å².